The predicted octanol–water partition coefficient (Wildman–Crippen LogP) is 1.07. The molecule has 7 heteroatoms. The van der Waals surface area contributed by atoms with Crippen LogP contribution < -0.4 is 0 Å². The van der Waals surface area contributed by atoms with E-state index in [0.717, 1.165) is 5.56 Å². The van der Waals surface area contributed by atoms with Crippen molar-refractivity contribution >= 4 is 5.91 Å². The zero-order valence-electron chi connectivity index (χ0n) is 13.7. The highest BCUT2D eigenvalue weighted by atomic mass is 16.5. The van der Waals surface area contributed by atoms with Crippen molar-refractivity contribution in [1.29, 1.82) is 0 Å². The van der Waals surface area contributed by atoms with Crippen LogP contribution in [-0.2, 0) is 4.74 Å². The monoisotopic (exact) mass is 328 g/mol. The summed E-state index contributed by atoms with van der Waals surface area (Å²) in [6.45, 7) is 4.78. The first-order valence-electron chi connectivity index (χ1n) is 7.93. The number of likely N-dealkylation sites (tertiary alicyclic amines) is 1. The van der Waals surface area contributed by atoms with Crippen LogP contribution in [0.25, 0.3) is 11.4 Å². The molecule has 3 rings (SSSR count). The first kappa shape index (κ1) is 16.5. The van der Waals surface area contributed by atoms with E-state index in [1.54, 1.807) is 24.2 Å². The number of aliphatic hydroxyl groups excluding tert-OH is 1. The highest BCUT2D eigenvalue weighted by molar-refractivity contribution is 5.95. The van der Waals surface area contributed by atoms with Crippen LogP contribution >= 0.6 is 0 Å². The summed E-state index contributed by atoms with van der Waals surface area (Å²) in [5, 5.41) is 9.99. The van der Waals surface area contributed by atoms with E-state index in [1.165, 1.54) is 6.20 Å². The van der Waals surface area contributed by atoms with Gasteiger partial charge in [0.05, 0.1) is 17.4 Å². The molecule has 1 fully saturated rings. The van der Waals surface area contributed by atoms with Gasteiger partial charge < -0.3 is 14.7 Å². The lowest BCUT2D eigenvalue weighted by Crippen LogP contribution is -2.31. The minimum Gasteiger partial charge on any atom is -0.388 e. The van der Waals surface area contributed by atoms with Gasteiger partial charge in [-0.2, -0.15) is 0 Å². The highest BCUT2D eigenvalue weighted by Gasteiger charge is 2.35. The van der Waals surface area contributed by atoms with Gasteiger partial charge in [-0.3, -0.25) is 9.78 Å². The minimum absolute atomic E-state index is 0.188. The summed E-state index contributed by atoms with van der Waals surface area (Å²) in [6, 6.07) is 3.68. The Balaban J connectivity index is 1.79. The Bertz CT molecular complexity index is 723. The molecule has 0 aliphatic carbocycles. The van der Waals surface area contributed by atoms with E-state index in [0.29, 0.717) is 30.2 Å². The van der Waals surface area contributed by atoms with E-state index < -0.39 is 6.10 Å². The molecule has 1 aliphatic rings. The van der Waals surface area contributed by atoms with Gasteiger partial charge in [0.1, 0.15) is 6.10 Å². The number of nitrogens with zero attached hydrogens (tertiary/aromatic N) is 4. The normalized spacial score (nSPS) is 20.4. The zero-order chi connectivity index (χ0) is 17.1. The maximum atomic E-state index is 12.7. The molecule has 0 aromatic carbocycles. The van der Waals surface area contributed by atoms with Crippen molar-refractivity contribution in [3.05, 3.63) is 42.0 Å². The average Bonchev–Trinajstić information content (AvgIpc) is 2.96. The number of aromatic nitrogens is 3. The Hall–Kier alpha value is -2.38. The Morgan fingerprint density at radius 1 is 1.42 bits per heavy atom. The lowest BCUT2D eigenvalue weighted by atomic mass is 10.2. The molecule has 2 aromatic heterocycles. The van der Waals surface area contributed by atoms with Crippen LogP contribution in [0.5, 0.6) is 0 Å². The molecule has 1 amide bonds. The molecule has 1 saturated heterocycles. The molecule has 2 aromatic rings. The molecule has 0 bridgehead atoms. The third-order valence-corrected chi connectivity index (χ3v) is 4.03. The number of rotatable bonds is 4. The molecular weight excluding hydrogens is 308 g/mol. The maximum Gasteiger partial charge on any atom is 0.257 e. The number of ether oxygens (including phenoxy) is 1. The van der Waals surface area contributed by atoms with E-state index >= 15 is 0 Å². The van der Waals surface area contributed by atoms with Crippen molar-refractivity contribution in [3.63, 3.8) is 0 Å². The smallest absolute Gasteiger partial charge is 0.257 e. The third kappa shape index (κ3) is 3.27. The molecule has 0 saturated carbocycles. The minimum atomic E-state index is -0.662. The summed E-state index contributed by atoms with van der Waals surface area (Å²) in [5.74, 6) is 0.345. The molecule has 1 N–H and O–H groups in total. The molecule has 1 aliphatic heterocycles. The van der Waals surface area contributed by atoms with E-state index in [4.69, 9.17) is 4.74 Å². The van der Waals surface area contributed by atoms with Crippen LogP contribution in [0.15, 0.2) is 30.7 Å². The third-order valence-electron chi connectivity index (χ3n) is 4.03. The number of carbonyl (C=O) groups excluding carboxylic acids is 1. The van der Waals surface area contributed by atoms with E-state index in [2.05, 4.69) is 15.0 Å². The number of carbonyl (C=O) groups is 1. The van der Waals surface area contributed by atoms with Crippen LogP contribution in [0.2, 0.25) is 0 Å². The van der Waals surface area contributed by atoms with Gasteiger partial charge in [0.15, 0.2) is 5.82 Å². The fourth-order valence-electron chi connectivity index (χ4n) is 2.78. The summed E-state index contributed by atoms with van der Waals surface area (Å²) in [7, 11) is 0. The number of hydrogen-bond acceptors (Lipinski definition) is 6. The maximum absolute atomic E-state index is 12.7. The number of aliphatic hydroxyl groups is 1. The first-order valence-corrected chi connectivity index (χ1v) is 7.93. The van der Waals surface area contributed by atoms with Crippen LogP contribution in [0.4, 0.5) is 0 Å². The van der Waals surface area contributed by atoms with Crippen LogP contribution in [0.3, 0.4) is 0 Å². The topological polar surface area (TPSA) is 88.4 Å². The van der Waals surface area contributed by atoms with E-state index in [9.17, 15) is 9.90 Å². The molecule has 2 atom stereocenters. The first-order chi connectivity index (χ1) is 11.6. The Morgan fingerprint density at radius 3 is 2.92 bits per heavy atom. The van der Waals surface area contributed by atoms with Gasteiger partial charge in [-0.05, 0) is 26.0 Å². The SMILES string of the molecule is CCO[C@H]1CN(C(=O)c2cnc(-c3cccnc3)nc2C)C[C@@H]1O. The van der Waals surface area contributed by atoms with E-state index in [-0.39, 0.29) is 18.6 Å². The summed E-state index contributed by atoms with van der Waals surface area (Å²) in [5.41, 5.74) is 1.84. The van der Waals surface area contributed by atoms with Crippen LogP contribution in [-0.4, -0.2) is 62.8 Å². The van der Waals surface area contributed by atoms with Crippen LogP contribution in [0.1, 0.15) is 23.0 Å². The van der Waals surface area contributed by atoms with Gasteiger partial charge >= 0.3 is 0 Å². The van der Waals surface area contributed by atoms with Gasteiger partial charge in [-0.1, -0.05) is 0 Å². The van der Waals surface area contributed by atoms with Crippen molar-refractivity contribution in [2.24, 2.45) is 0 Å². The van der Waals surface area contributed by atoms with E-state index in [1.807, 2.05) is 19.1 Å². The number of pyridine rings is 1. The van der Waals surface area contributed by atoms with Crippen molar-refractivity contribution in [3.8, 4) is 11.4 Å². The molecule has 0 spiro atoms. The number of β-amino-alcohol motifs (C(OH)–C–C–N with tert-alkyl or cyclic N) is 1. The number of hydrogen-bond donors (Lipinski definition) is 1. The summed E-state index contributed by atoms with van der Waals surface area (Å²) >= 11 is 0. The van der Waals surface area contributed by atoms with Crippen molar-refractivity contribution in [2.75, 3.05) is 19.7 Å². The van der Waals surface area contributed by atoms with Crippen molar-refractivity contribution in [2.45, 2.75) is 26.1 Å². The lowest BCUT2D eigenvalue weighted by Gasteiger charge is -2.17. The standard InChI is InChI=1S/C17H20N4O3/c1-3-24-15-10-21(9-14(15)22)17(23)13-8-19-16(20-11(13)2)12-5-4-6-18-7-12/h4-8,14-15,22H,3,9-10H2,1-2H3/t14-,15-/m0/s1. The van der Waals surface area contributed by atoms with Gasteiger partial charge in [-0.15, -0.1) is 0 Å². The second-order valence-corrected chi connectivity index (χ2v) is 5.71. The summed E-state index contributed by atoms with van der Waals surface area (Å²) < 4.78 is 5.46. The van der Waals surface area contributed by atoms with Crippen molar-refractivity contribution in [1.82, 2.24) is 19.9 Å². The highest BCUT2D eigenvalue weighted by Crippen LogP contribution is 2.19. The Morgan fingerprint density at radius 2 is 2.25 bits per heavy atom. The second-order valence-electron chi connectivity index (χ2n) is 5.71. The van der Waals surface area contributed by atoms with Crippen molar-refractivity contribution < 1.29 is 14.6 Å². The molecule has 24 heavy (non-hydrogen) atoms. The predicted molar refractivity (Wildman–Crippen MR) is 87.3 cm³/mol. The molecule has 0 unspecified atom stereocenters. The van der Waals surface area contributed by atoms with Gasteiger partial charge in [-0.25, -0.2) is 9.97 Å². The summed E-state index contributed by atoms with van der Waals surface area (Å²) in [4.78, 5) is 27.0. The second kappa shape index (κ2) is 7.02. The fraction of sp³-hybridized carbons (Fsp3) is 0.412. The summed E-state index contributed by atoms with van der Waals surface area (Å²) in [6.07, 6.45) is 3.90. The number of amides is 1. The van der Waals surface area contributed by atoms with Gasteiger partial charge in [0, 0.05) is 43.9 Å². The zero-order valence-corrected chi connectivity index (χ0v) is 13.7. The molecule has 7 nitrogen and oxygen atoms in total. The van der Waals surface area contributed by atoms with Crippen LogP contribution in [0, 0.1) is 6.92 Å². The lowest BCUT2D eigenvalue weighted by molar-refractivity contribution is -0.00237. The largest absolute Gasteiger partial charge is 0.388 e. The average molecular weight is 328 g/mol. The Kier molecular flexibility index (Phi) is 4.82. The molecule has 0 radical (unpaired) electrons. The van der Waals surface area contributed by atoms with Gasteiger partial charge in [0.25, 0.3) is 5.91 Å². The number of aryl methyl sites for hydroxylation is 1. The fourth-order valence-corrected chi connectivity index (χ4v) is 2.78. The Labute approximate surface area is 140 Å². The molecule has 126 valence electrons. The quantitative estimate of drug-likeness (QED) is 0.903. The molecule has 3 heterocycles. The van der Waals surface area contributed by atoms with Gasteiger partial charge in [0.2, 0.25) is 0 Å². The molecular formula is C17H20N4O3.